The van der Waals surface area contributed by atoms with Crippen LogP contribution in [0.1, 0.15) is 19.0 Å². The Morgan fingerprint density at radius 2 is 2.22 bits per heavy atom. The Morgan fingerprint density at radius 3 is 2.83 bits per heavy atom. The van der Waals surface area contributed by atoms with Gasteiger partial charge in [0.05, 0.1) is 0 Å². The molecule has 0 aromatic carbocycles. The zero-order valence-corrected chi connectivity index (χ0v) is 11.7. The minimum atomic E-state index is -0.0259. The molecule has 0 aliphatic heterocycles. The Labute approximate surface area is 111 Å². The molecule has 0 amide bonds. The fourth-order valence-electron chi connectivity index (χ4n) is 1.51. The van der Waals surface area contributed by atoms with Crippen LogP contribution in [0.15, 0.2) is 17.5 Å². The van der Waals surface area contributed by atoms with E-state index in [1.807, 2.05) is 11.9 Å². The minimum Gasteiger partial charge on any atom is -0.409 e. The summed E-state index contributed by atoms with van der Waals surface area (Å²) in [6, 6.07) is 0.305. The van der Waals surface area contributed by atoms with Gasteiger partial charge in [-0.3, -0.25) is 0 Å². The molecule has 1 aromatic rings. The van der Waals surface area contributed by atoms with Crippen LogP contribution in [0.2, 0.25) is 0 Å². The number of anilines is 1. The highest BCUT2D eigenvalue weighted by Crippen LogP contribution is 2.17. The van der Waals surface area contributed by atoms with Crippen LogP contribution in [0.25, 0.3) is 0 Å². The number of hydrogen-bond acceptors (Lipinski definition) is 6. The Bertz CT molecular complexity index is 412. The Kier molecular flexibility index (Phi) is 5.70. The third-order valence-electron chi connectivity index (χ3n) is 2.76. The smallest absolute Gasteiger partial charge is 0.192 e. The summed E-state index contributed by atoms with van der Waals surface area (Å²) in [5, 5.41) is 11.7. The van der Waals surface area contributed by atoms with E-state index in [1.54, 1.807) is 18.0 Å². The second-order valence-corrected chi connectivity index (χ2v) is 4.94. The lowest BCUT2D eigenvalue weighted by molar-refractivity contribution is 0.318. The molecular formula is C11H19N5OS. The lowest BCUT2D eigenvalue weighted by atomic mass is 10.2. The van der Waals surface area contributed by atoms with Crippen molar-refractivity contribution in [2.24, 2.45) is 10.9 Å². The summed E-state index contributed by atoms with van der Waals surface area (Å²) in [5.74, 6) is 1.67. The lowest BCUT2D eigenvalue weighted by Crippen LogP contribution is -2.33. The highest BCUT2D eigenvalue weighted by Gasteiger charge is 2.17. The molecule has 3 N–H and O–H groups in total. The van der Waals surface area contributed by atoms with Crippen molar-refractivity contribution in [1.82, 2.24) is 9.97 Å². The number of thioether (sulfide) groups is 1. The summed E-state index contributed by atoms with van der Waals surface area (Å²) < 4.78 is 0. The largest absolute Gasteiger partial charge is 0.409 e. The number of amidine groups is 1. The number of hydrogen-bond donors (Lipinski definition) is 2. The molecule has 0 radical (unpaired) electrons. The second kappa shape index (κ2) is 7.05. The average Bonchev–Trinajstić information content (AvgIpc) is 2.43. The molecule has 0 saturated heterocycles. The minimum absolute atomic E-state index is 0.0259. The average molecular weight is 269 g/mol. The fraction of sp³-hybridized carbons (Fsp3) is 0.545. The molecule has 7 heteroatoms. The monoisotopic (exact) mass is 269 g/mol. The molecule has 6 nitrogen and oxygen atoms in total. The molecule has 1 atom stereocenters. The summed E-state index contributed by atoms with van der Waals surface area (Å²) in [4.78, 5) is 10.4. The van der Waals surface area contributed by atoms with Crippen LogP contribution in [-0.2, 0) is 0 Å². The highest BCUT2D eigenvalue weighted by atomic mass is 32.2. The molecule has 1 unspecified atom stereocenters. The first kappa shape index (κ1) is 14.6. The van der Waals surface area contributed by atoms with Gasteiger partial charge in [-0.1, -0.05) is 5.16 Å². The van der Waals surface area contributed by atoms with Crippen LogP contribution in [-0.4, -0.2) is 46.1 Å². The Morgan fingerprint density at radius 1 is 1.56 bits per heavy atom. The van der Waals surface area contributed by atoms with E-state index in [0.717, 1.165) is 12.2 Å². The van der Waals surface area contributed by atoms with Crippen molar-refractivity contribution >= 4 is 23.4 Å². The summed E-state index contributed by atoms with van der Waals surface area (Å²) in [7, 11) is 1.93. The first-order chi connectivity index (χ1) is 8.61. The summed E-state index contributed by atoms with van der Waals surface area (Å²) >= 11 is 1.81. The van der Waals surface area contributed by atoms with Crippen molar-refractivity contribution in [2.45, 2.75) is 19.4 Å². The Balaban J connectivity index is 2.94. The first-order valence-corrected chi connectivity index (χ1v) is 7.01. The SMILES string of the molecule is CSCCC(C)N(C)c1nccnc1C(N)=NO. The third-order valence-corrected chi connectivity index (χ3v) is 3.41. The molecule has 0 saturated carbocycles. The predicted octanol–water partition coefficient (Wildman–Crippen LogP) is 1.15. The zero-order chi connectivity index (χ0) is 13.5. The van der Waals surface area contributed by atoms with Crippen LogP contribution in [0.3, 0.4) is 0 Å². The van der Waals surface area contributed by atoms with Crippen LogP contribution in [0, 0.1) is 0 Å². The molecule has 18 heavy (non-hydrogen) atoms. The number of rotatable bonds is 6. The van der Waals surface area contributed by atoms with Gasteiger partial charge in [0.2, 0.25) is 0 Å². The Hall–Kier alpha value is -1.50. The van der Waals surface area contributed by atoms with Gasteiger partial charge >= 0.3 is 0 Å². The molecule has 1 aromatic heterocycles. The van der Waals surface area contributed by atoms with E-state index in [4.69, 9.17) is 10.9 Å². The molecule has 0 fully saturated rings. The van der Waals surface area contributed by atoms with Gasteiger partial charge in [-0.05, 0) is 25.4 Å². The number of nitrogens with zero attached hydrogens (tertiary/aromatic N) is 4. The van der Waals surface area contributed by atoms with E-state index in [1.165, 1.54) is 6.20 Å². The van der Waals surface area contributed by atoms with Crippen LogP contribution in [0.4, 0.5) is 5.82 Å². The standard InChI is InChI=1S/C11H19N5OS/c1-8(4-7-18-3)16(2)11-9(10(12)15-17)13-5-6-14-11/h5-6,8,17H,4,7H2,1-3H3,(H2,12,15). The quantitative estimate of drug-likeness (QED) is 0.348. The molecule has 1 rings (SSSR count). The zero-order valence-electron chi connectivity index (χ0n) is 10.9. The molecular weight excluding hydrogens is 250 g/mol. The summed E-state index contributed by atoms with van der Waals surface area (Å²) in [6.45, 7) is 2.11. The van der Waals surface area contributed by atoms with Gasteiger partial charge in [0, 0.05) is 25.5 Å². The van der Waals surface area contributed by atoms with E-state index < -0.39 is 0 Å². The normalized spacial score (nSPS) is 13.4. The van der Waals surface area contributed by atoms with Crippen LogP contribution >= 0.6 is 11.8 Å². The predicted molar refractivity (Wildman–Crippen MR) is 75.4 cm³/mol. The third kappa shape index (κ3) is 3.49. The van der Waals surface area contributed by atoms with Crippen molar-refractivity contribution in [3.63, 3.8) is 0 Å². The maximum Gasteiger partial charge on any atom is 0.192 e. The molecule has 0 spiro atoms. The van der Waals surface area contributed by atoms with Crippen LogP contribution in [0.5, 0.6) is 0 Å². The molecule has 100 valence electrons. The molecule has 1 heterocycles. The maximum atomic E-state index is 8.75. The second-order valence-electron chi connectivity index (χ2n) is 3.96. The van der Waals surface area contributed by atoms with E-state index >= 15 is 0 Å². The van der Waals surface area contributed by atoms with Crippen molar-refractivity contribution in [3.05, 3.63) is 18.1 Å². The van der Waals surface area contributed by atoms with Crippen molar-refractivity contribution in [3.8, 4) is 0 Å². The van der Waals surface area contributed by atoms with E-state index in [-0.39, 0.29) is 5.84 Å². The maximum absolute atomic E-state index is 8.75. The van der Waals surface area contributed by atoms with Gasteiger partial charge in [-0.15, -0.1) is 0 Å². The number of nitrogens with two attached hydrogens (primary N) is 1. The lowest BCUT2D eigenvalue weighted by Gasteiger charge is -2.26. The van der Waals surface area contributed by atoms with Gasteiger partial charge in [-0.25, -0.2) is 9.97 Å². The summed E-state index contributed by atoms with van der Waals surface area (Å²) in [6.07, 6.45) is 6.24. The van der Waals surface area contributed by atoms with E-state index in [0.29, 0.717) is 17.6 Å². The summed E-state index contributed by atoms with van der Waals surface area (Å²) in [5.41, 5.74) is 6.00. The van der Waals surface area contributed by atoms with E-state index in [2.05, 4.69) is 28.3 Å². The number of oxime groups is 1. The van der Waals surface area contributed by atoms with Crippen molar-refractivity contribution in [1.29, 1.82) is 0 Å². The highest BCUT2D eigenvalue weighted by molar-refractivity contribution is 7.98. The molecule has 0 bridgehead atoms. The molecule has 0 aliphatic rings. The molecule has 0 aliphatic carbocycles. The first-order valence-electron chi connectivity index (χ1n) is 5.62. The van der Waals surface area contributed by atoms with Gasteiger partial charge in [0.1, 0.15) is 0 Å². The van der Waals surface area contributed by atoms with Crippen LogP contribution < -0.4 is 10.6 Å². The number of aromatic nitrogens is 2. The van der Waals surface area contributed by atoms with Crippen molar-refractivity contribution < 1.29 is 5.21 Å². The topological polar surface area (TPSA) is 87.6 Å². The van der Waals surface area contributed by atoms with Gasteiger partial charge in [0.25, 0.3) is 0 Å². The van der Waals surface area contributed by atoms with Crippen molar-refractivity contribution in [2.75, 3.05) is 24.0 Å². The van der Waals surface area contributed by atoms with Gasteiger partial charge < -0.3 is 15.8 Å². The van der Waals surface area contributed by atoms with Gasteiger partial charge in [-0.2, -0.15) is 11.8 Å². The fourth-order valence-corrected chi connectivity index (χ4v) is 2.08. The van der Waals surface area contributed by atoms with Gasteiger partial charge in [0.15, 0.2) is 17.3 Å². The van der Waals surface area contributed by atoms with E-state index in [9.17, 15) is 0 Å².